The molecule has 1 heterocycles. The minimum absolute atomic E-state index is 0.112. The van der Waals surface area contributed by atoms with Crippen molar-refractivity contribution in [1.82, 2.24) is 15.5 Å². The summed E-state index contributed by atoms with van der Waals surface area (Å²) in [5.41, 5.74) is 0.465. The molecule has 1 aliphatic carbocycles. The molecule has 2 aliphatic rings. The molecule has 0 radical (unpaired) electrons. The normalized spacial score (nSPS) is 18.4. The Kier molecular flexibility index (Phi) is 11.7. The van der Waals surface area contributed by atoms with E-state index in [-0.39, 0.29) is 30.5 Å². The van der Waals surface area contributed by atoms with E-state index in [2.05, 4.69) is 20.7 Å². The van der Waals surface area contributed by atoms with Crippen LogP contribution in [0.25, 0.3) is 0 Å². The maximum atomic E-state index is 13.5. The van der Waals surface area contributed by atoms with E-state index in [1.807, 2.05) is 0 Å². The molecule has 1 saturated carbocycles. The topological polar surface area (TPSA) is 126 Å². The number of carbonyl (C=O) groups excluding carboxylic acids is 2. The van der Waals surface area contributed by atoms with Crippen molar-refractivity contribution >= 4 is 27.5 Å². The van der Waals surface area contributed by atoms with Crippen LogP contribution in [-0.4, -0.2) is 88.6 Å². The predicted octanol–water partition coefficient (Wildman–Crippen LogP) is 3.30. The molecule has 1 aromatic carbocycles. The van der Waals surface area contributed by atoms with Gasteiger partial charge in [-0.3, -0.25) is 4.79 Å². The molecule has 0 spiro atoms. The number of anilines is 1. The van der Waals surface area contributed by atoms with Crippen molar-refractivity contribution in [1.29, 1.82) is 0 Å². The number of nitrogens with one attached hydrogen (secondary N) is 3. The first kappa shape index (κ1) is 31.8. The van der Waals surface area contributed by atoms with E-state index in [1.165, 1.54) is 12.1 Å². The second-order valence-corrected chi connectivity index (χ2v) is 12.7. The highest BCUT2D eigenvalue weighted by atomic mass is 32.2. The number of hydrogen-bond donors (Lipinski definition) is 3. The van der Waals surface area contributed by atoms with E-state index >= 15 is 0 Å². The van der Waals surface area contributed by atoms with Crippen LogP contribution in [0.2, 0.25) is 0 Å². The SMILES string of the molecule is CS(=O)(=O)CC[C@@H](CNc1ccc(OC(F)(F)F)cc1)NC(=O)[C@H](CC1CCCCC1)NC(=O)N1CCOCC1. The highest BCUT2D eigenvalue weighted by Gasteiger charge is 2.31. The zero-order valence-electron chi connectivity index (χ0n) is 22.7. The third-order valence-electron chi connectivity index (χ3n) is 7.03. The van der Waals surface area contributed by atoms with Gasteiger partial charge in [-0.1, -0.05) is 32.1 Å². The van der Waals surface area contributed by atoms with Crippen molar-refractivity contribution in [2.45, 2.75) is 63.4 Å². The number of ether oxygens (including phenoxy) is 2. The average molecular weight is 593 g/mol. The van der Waals surface area contributed by atoms with Gasteiger partial charge >= 0.3 is 12.4 Å². The van der Waals surface area contributed by atoms with Gasteiger partial charge in [-0.05, 0) is 43.0 Å². The smallest absolute Gasteiger partial charge is 0.406 e. The first-order valence-corrected chi connectivity index (χ1v) is 15.6. The summed E-state index contributed by atoms with van der Waals surface area (Å²) in [4.78, 5) is 28.0. The number of amides is 3. The zero-order chi connectivity index (χ0) is 29.2. The van der Waals surface area contributed by atoms with Crippen LogP contribution >= 0.6 is 0 Å². The van der Waals surface area contributed by atoms with Gasteiger partial charge in [0.05, 0.1) is 19.0 Å². The van der Waals surface area contributed by atoms with Crippen molar-refractivity contribution in [3.05, 3.63) is 24.3 Å². The molecular weight excluding hydrogens is 553 g/mol. The molecule has 226 valence electrons. The van der Waals surface area contributed by atoms with E-state index in [0.29, 0.717) is 44.3 Å². The Morgan fingerprint density at radius 3 is 2.33 bits per heavy atom. The molecule has 0 aromatic heterocycles. The first-order valence-electron chi connectivity index (χ1n) is 13.6. The summed E-state index contributed by atoms with van der Waals surface area (Å²) in [7, 11) is -3.33. The predicted molar refractivity (Wildman–Crippen MR) is 144 cm³/mol. The minimum atomic E-state index is -4.80. The number of sulfone groups is 1. The zero-order valence-corrected chi connectivity index (χ0v) is 23.5. The van der Waals surface area contributed by atoms with Gasteiger partial charge in [0.2, 0.25) is 5.91 Å². The Labute approximate surface area is 233 Å². The Morgan fingerprint density at radius 2 is 1.73 bits per heavy atom. The summed E-state index contributed by atoms with van der Waals surface area (Å²) in [6, 6.07) is 3.34. The second kappa shape index (κ2) is 14.8. The number of nitrogens with zero attached hydrogens (tertiary/aromatic N) is 1. The van der Waals surface area contributed by atoms with Gasteiger partial charge < -0.3 is 30.3 Å². The minimum Gasteiger partial charge on any atom is -0.406 e. The van der Waals surface area contributed by atoms with Crippen LogP contribution < -0.4 is 20.7 Å². The van der Waals surface area contributed by atoms with E-state index in [4.69, 9.17) is 4.74 Å². The summed E-state index contributed by atoms with van der Waals surface area (Å²) >= 11 is 0. The van der Waals surface area contributed by atoms with E-state index in [9.17, 15) is 31.2 Å². The van der Waals surface area contributed by atoms with Crippen molar-refractivity contribution < 1.29 is 40.7 Å². The van der Waals surface area contributed by atoms with Crippen LogP contribution in [0, 0.1) is 5.92 Å². The molecule has 3 rings (SSSR count). The number of halogens is 3. The van der Waals surface area contributed by atoms with Gasteiger partial charge in [-0.15, -0.1) is 13.2 Å². The number of rotatable bonds is 12. The molecule has 40 heavy (non-hydrogen) atoms. The lowest BCUT2D eigenvalue weighted by atomic mass is 9.84. The van der Waals surface area contributed by atoms with Crippen LogP contribution in [0.15, 0.2) is 24.3 Å². The van der Waals surface area contributed by atoms with Crippen molar-refractivity contribution in [3.63, 3.8) is 0 Å². The monoisotopic (exact) mass is 592 g/mol. The molecule has 3 N–H and O–H groups in total. The van der Waals surface area contributed by atoms with E-state index in [0.717, 1.165) is 50.5 Å². The molecular formula is C26H39F3N4O6S. The molecule has 1 aliphatic heterocycles. The average Bonchev–Trinajstić information content (AvgIpc) is 2.90. The molecule has 0 bridgehead atoms. The fraction of sp³-hybridized carbons (Fsp3) is 0.692. The number of carbonyl (C=O) groups is 2. The van der Waals surface area contributed by atoms with Gasteiger partial charge in [-0.25, -0.2) is 13.2 Å². The maximum Gasteiger partial charge on any atom is 0.573 e. The fourth-order valence-corrected chi connectivity index (χ4v) is 5.61. The summed E-state index contributed by atoms with van der Waals surface area (Å²) in [5, 5.41) is 8.82. The lowest BCUT2D eigenvalue weighted by Gasteiger charge is -2.32. The van der Waals surface area contributed by atoms with Crippen molar-refractivity contribution in [2.24, 2.45) is 5.92 Å². The van der Waals surface area contributed by atoms with E-state index < -0.39 is 34.2 Å². The largest absolute Gasteiger partial charge is 0.573 e. The lowest BCUT2D eigenvalue weighted by Crippen LogP contribution is -2.56. The number of benzene rings is 1. The molecule has 1 aromatic rings. The molecule has 14 heteroatoms. The Balaban J connectivity index is 1.67. The van der Waals surface area contributed by atoms with Gasteiger partial charge in [0, 0.05) is 37.6 Å². The van der Waals surface area contributed by atoms with E-state index in [1.54, 1.807) is 4.90 Å². The highest BCUT2D eigenvalue weighted by Crippen LogP contribution is 2.28. The Morgan fingerprint density at radius 1 is 1.07 bits per heavy atom. The molecule has 2 fully saturated rings. The summed E-state index contributed by atoms with van der Waals surface area (Å²) in [6.07, 6.45) is 2.14. The van der Waals surface area contributed by atoms with Crippen LogP contribution in [0.4, 0.5) is 23.7 Å². The fourth-order valence-electron chi connectivity index (χ4n) is 4.89. The van der Waals surface area contributed by atoms with Crippen molar-refractivity contribution in [3.8, 4) is 5.75 Å². The maximum absolute atomic E-state index is 13.5. The third-order valence-corrected chi connectivity index (χ3v) is 8.01. The first-order chi connectivity index (χ1) is 18.9. The van der Waals surface area contributed by atoms with Crippen LogP contribution in [0.3, 0.4) is 0 Å². The van der Waals surface area contributed by atoms with Crippen LogP contribution in [0.5, 0.6) is 5.75 Å². The highest BCUT2D eigenvalue weighted by molar-refractivity contribution is 7.90. The number of alkyl halides is 3. The van der Waals surface area contributed by atoms with Gasteiger partial charge in [0.15, 0.2) is 0 Å². The van der Waals surface area contributed by atoms with Gasteiger partial charge in [0.1, 0.15) is 21.6 Å². The second-order valence-electron chi connectivity index (χ2n) is 10.4. The Bertz CT molecular complexity index is 1060. The summed E-state index contributed by atoms with van der Waals surface area (Å²) < 4.78 is 70.2. The number of urea groups is 1. The Hall–Kier alpha value is -2.74. The lowest BCUT2D eigenvalue weighted by molar-refractivity contribution is -0.274. The van der Waals surface area contributed by atoms with Gasteiger partial charge in [-0.2, -0.15) is 0 Å². The van der Waals surface area contributed by atoms with Crippen molar-refractivity contribution in [2.75, 3.05) is 50.2 Å². The molecule has 2 atom stereocenters. The van der Waals surface area contributed by atoms with Crippen LogP contribution in [-0.2, 0) is 19.4 Å². The summed E-state index contributed by atoms with van der Waals surface area (Å²) in [5.74, 6) is -0.659. The summed E-state index contributed by atoms with van der Waals surface area (Å²) in [6.45, 7) is 1.83. The standard InChI is InChI=1S/C26H39F3N4O6S/c1-40(36,37)16-11-21(18-30-20-7-9-22(10-8-20)39-26(27,28)29)31-24(34)23(17-19-5-3-2-4-6-19)32-25(35)33-12-14-38-15-13-33/h7-10,19,21,23,30H,2-6,11-18H2,1H3,(H,31,34)(H,32,35)/t21-,23-/m0/s1. The molecule has 10 nitrogen and oxygen atoms in total. The van der Waals surface area contributed by atoms with Gasteiger partial charge in [0.25, 0.3) is 0 Å². The molecule has 1 saturated heterocycles. The quantitative estimate of drug-likeness (QED) is 0.340. The molecule has 0 unspecified atom stereocenters. The number of morpholine rings is 1. The molecule has 3 amide bonds. The number of hydrogen-bond acceptors (Lipinski definition) is 7. The third kappa shape index (κ3) is 11.8. The van der Waals surface area contributed by atoms with Crippen LogP contribution in [0.1, 0.15) is 44.9 Å².